The Labute approximate surface area is 127 Å². The van der Waals surface area contributed by atoms with Crippen molar-refractivity contribution in [3.8, 4) is 0 Å². The van der Waals surface area contributed by atoms with Gasteiger partial charge in [0.2, 0.25) is 0 Å². The van der Waals surface area contributed by atoms with Crippen LogP contribution in [0, 0.1) is 0 Å². The second-order valence-electron chi connectivity index (χ2n) is 5.27. The summed E-state index contributed by atoms with van der Waals surface area (Å²) in [5.74, 6) is 0. The lowest BCUT2D eigenvalue weighted by molar-refractivity contribution is 0.185. The van der Waals surface area contributed by atoms with Gasteiger partial charge in [-0.2, -0.15) is 0 Å². The molecule has 0 aliphatic carbocycles. The van der Waals surface area contributed by atoms with E-state index in [0.29, 0.717) is 13.2 Å². The fraction of sp³-hybridized carbons (Fsp3) is 0.333. The van der Waals surface area contributed by atoms with Gasteiger partial charge in [-0.25, -0.2) is 0 Å². The monoisotopic (exact) mass is 284 g/mol. The zero-order valence-electron chi connectivity index (χ0n) is 12.8. The van der Waals surface area contributed by atoms with E-state index in [2.05, 4.69) is 60.8 Å². The first kappa shape index (κ1) is 15.7. The number of methoxy groups -OCH3 is 1. The summed E-state index contributed by atoms with van der Waals surface area (Å²) in [6.45, 7) is 3.35. The lowest BCUT2D eigenvalue weighted by Crippen LogP contribution is -2.30. The molecule has 0 amide bonds. The fourth-order valence-corrected chi connectivity index (χ4v) is 2.51. The third kappa shape index (κ3) is 4.39. The van der Waals surface area contributed by atoms with Crippen LogP contribution >= 0.6 is 0 Å². The van der Waals surface area contributed by atoms with Crippen LogP contribution in [0.5, 0.6) is 0 Å². The highest BCUT2D eigenvalue weighted by Crippen LogP contribution is 2.20. The summed E-state index contributed by atoms with van der Waals surface area (Å²) in [6.07, 6.45) is 0. The molecule has 0 heterocycles. The molecule has 0 saturated heterocycles. The van der Waals surface area contributed by atoms with Gasteiger partial charge in [0.05, 0.1) is 6.61 Å². The van der Waals surface area contributed by atoms with Crippen LogP contribution in [0.25, 0.3) is 0 Å². The molecule has 2 aromatic carbocycles. The molecule has 3 N–H and O–H groups in total. The van der Waals surface area contributed by atoms with Crippen LogP contribution in [-0.2, 0) is 11.3 Å². The van der Waals surface area contributed by atoms with Gasteiger partial charge in [0, 0.05) is 25.7 Å². The molecule has 2 rings (SSSR count). The van der Waals surface area contributed by atoms with E-state index >= 15 is 0 Å². The zero-order valence-corrected chi connectivity index (χ0v) is 12.8. The van der Waals surface area contributed by atoms with Crippen molar-refractivity contribution in [1.29, 1.82) is 0 Å². The van der Waals surface area contributed by atoms with Crippen LogP contribution in [0.15, 0.2) is 54.6 Å². The third-order valence-corrected chi connectivity index (χ3v) is 3.65. The van der Waals surface area contributed by atoms with Gasteiger partial charge in [-0.15, -0.1) is 0 Å². The first-order valence-corrected chi connectivity index (χ1v) is 7.33. The Morgan fingerprint density at radius 1 is 1.05 bits per heavy atom. The molecule has 21 heavy (non-hydrogen) atoms. The second-order valence-corrected chi connectivity index (χ2v) is 5.27. The summed E-state index contributed by atoms with van der Waals surface area (Å²) in [5.41, 5.74) is 9.60. The van der Waals surface area contributed by atoms with Crippen molar-refractivity contribution < 1.29 is 4.74 Å². The highest BCUT2D eigenvalue weighted by Gasteiger charge is 2.14. The third-order valence-electron chi connectivity index (χ3n) is 3.65. The highest BCUT2D eigenvalue weighted by molar-refractivity contribution is 5.27. The van der Waals surface area contributed by atoms with Crippen molar-refractivity contribution in [3.05, 3.63) is 71.3 Å². The maximum atomic E-state index is 5.96. The van der Waals surface area contributed by atoms with E-state index in [-0.39, 0.29) is 12.1 Å². The van der Waals surface area contributed by atoms with Gasteiger partial charge in [0.15, 0.2) is 0 Å². The Kier molecular flexibility index (Phi) is 5.93. The van der Waals surface area contributed by atoms with Crippen molar-refractivity contribution in [2.75, 3.05) is 13.7 Å². The number of benzene rings is 2. The van der Waals surface area contributed by atoms with Crippen molar-refractivity contribution in [2.24, 2.45) is 5.73 Å². The Morgan fingerprint density at radius 2 is 1.76 bits per heavy atom. The average molecular weight is 284 g/mol. The van der Waals surface area contributed by atoms with Gasteiger partial charge in [-0.05, 0) is 23.6 Å². The molecule has 0 fully saturated rings. The molecule has 112 valence electrons. The summed E-state index contributed by atoms with van der Waals surface area (Å²) in [6, 6.07) is 19.2. The predicted octanol–water partition coefficient (Wildman–Crippen LogP) is 3.18. The van der Waals surface area contributed by atoms with Gasteiger partial charge in [0.1, 0.15) is 0 Å². The largest absolute Gasteiger partial charge is 0.380 e. The molecule has 0 saturated carbocycles. The van der Waals surface area contributed by atoms with Crippen molar-refractivity contribution in [3.63, 3.8) is 0 Å². The second kappa shape index (κ2) is 7.93. The number of hydrogen-bond acceptors (Lipinski definition) is 3. The molecule has 0 aliphatic heterocycles. The van der Waals surface area contributed by atoms with Crippen molar-refractivity contribution in [2.45, 2.75) is 25.6 Å². The minimum absolute atomic E-state index is 0.136. The Hall–Kier alpha value is -1.68. The molecule has 2 unspecified atom stereocenters. The zero-order chi connectivity index (χ0) is 15.1. The first-order valence-electron chi connectivity index (χ1n) is 7.33. The molecular weight excluding hydrogens is 260 g/mol. The topological polar surface area (TPSA) is 47.3 Å². The number of hydrogen-bond donors (Lipinski definition) is 2. The molecule has 0 aliphatic rings. The summed E-state index contributed by atoms with van der Waals surface area (Å²) >= 11 is 0. The summed E-state index contributed by atoms with van der Waals surface area (Å²) in [4.78, 5) is 0. The molecule has 0 aromatic heterocycles. The summed E-state index contributed by atoms with van der Waals surface area (Å²) in [5, 5.41) is 3.60. The molecule has 2 aromatic rings. The minimum atomic E-state index is 0.136. The van der Waals surface area contributed by atoms with Gasteiger partial charge in [-0.3, -0.25) is 0 Å². The number of ether oxygens (including phenoxy) is 1. The first-order chi connectivity index (χ1) is 10.2. The number of nitrogens with one attached hydrogen (secondary N) is 1. The molecule has 0 bridgehead atoms. The van der Waals surface area contributed by atoms with Crippen LogP contribution in [0.4, 0.5) is 0 Å². The van der Waals surface area contributed by atoms with Crippen LogP contribution in [0.3, 0.4) is 0 Å². The Balaban J connectivity index is 2.10. The molecule has 3 nitrogen and oxygen atoms in total. The number of nitrogens with two attached hydrogens (primary N) is 1. The minimum Gasteiger partial charge on any atom is -0.380 e. The quantitative estimate of drug-likeness (QED) is 0.821. The number of rotatable bonds is 7. The maximum absolute atomic E-state index is 5.96. The molecule has 2 atom stereocenters. The highest BCUT2D eigenvalue weighted by atomic mass is 16.5. The van der Waals surface area contributed by atoms with E-state index in [0.717, 1.165) is 0 Å². The van der Waals surface area contributed by atoms with E-state index in [1.165, 1.54) is 16.7 Å². The van der Waals surface area contributed by atoms with E-state index in [1.54, 1.807) is 7.11 Å². The van der Waals surface area contributed by atoms with Gasteiger partial charge < -0.3 is 15.8 Å². The molecular formula is C18H24N2O. The fourth-order valence-electron chi connectivity index (χ4n) is 2.51. The van der Waals surface area contributed by atoms with Crippen molar-refractivity contribution in [1.82, 2.24) is 5.32 Å². The van der Waals surface area contributed by atoms with Crippen molar-refractivity contribution >= 4 is 0 Å². The van der Waals surface area contributed by atoms with Gasteiger partial charge >= 0.3 is 0 Å². The lowest BCUT2D eigenvalue weighted by Gasteiger charge is -2.23. The van der Waals surface area contributed by atoms with Crippen LogP contribution in [-0.4, -0.2) is 13.7 Å². The Morgan fingerprint density at radius 3 is 2.43 bits per heavy atom. The molecule has 0 radical (unpaired) electrons. The van der Waals surface area contributed by atoms with Crippen LogP contribution in [0.1, 0.15) is 35.7 Å². The van der Waals surface area contributed by atoms with Gasteiger partial charge in [0.25, 0.3) is 0 Å². The van der Waals surface area contributed by atoms with E-state index < -0.39 is 0 Å². The summed E-state index contributed by atoms with van der Waals surface area (Å²) < 4.78 is 5.20. The van der Waals surface area contributed by atoms with Crippen LogP contribution < -0.4 is 11.1 Å². The SMILES string of the molecule is COCc1cccc(C(CN)NC(C)c2ccccc2)c1. The standard InChI is InChI=1S/C18H24N2O/c1-14(16-8-4-3-5-9-16)20-18(12-19)17-10-6-7-15(11-17)13-21-2/h3-11,14,18,20H,12-13,19H2,1-2H3. The average Bonchev–Trinajstić information content (AvgIpc) is 2.54. The predicted molar refractivity (Wildman–Crippen MR) is 86.9 cm³/mol. The van der Waals surface area contributed by atoms with Gasteiger partial charge in [-0.1, -0.05) is 54.6 Å². The van der Waals surface area contributed by atoms with E-state index in [1.807, 2.05) is 6.07 Å². The lowest BCUT2D eigenvalue weighted by atomic mass is 10.0. The van der Waals surface area contributed by atoms with E-state index in [4.69, 9.17) is 10.5 Å². The van der Waals surface area contributed by atoms with E-state index in [9.17, 15) is 0 Å². The maximum Gasteiger partial charge on any atom is 0.0713 e. The summed E-state index contributed by atoms with van der Waals surface area (Å²) in [7, 11) is 1.71. The smallest absolute Gasteiger partial charge is 0.0713 e. The molecule has 0 spiro atoms. The Bertz CT molecular complexity index is 542. The normalized spacial score (nSPS) is 13.9. The molecule has 3 heteroatoms. The van der Waals surface area contributed by atoms with Crippen LogP contribution in [0.2, 0.25) is 0 Å².